The Balaban J connectivity index is 1.36. The molecule has 5 nitrogen and oxygen atoms in total. The van der Waals surface area contributed by atoms with E-state index in [-0.39, 0.29) is 35.5 Å². The van der Waals surface area contributed by atoms with Gasteiger partial charge >= 0.3 is 0 Å². The third-order valence-electron chi connectivity index (χ3n) is 6.01. The Hall–Kier alpha value is -2.63. The van der Waals surface area contributed by atoms with Crippen LogP contribution in [0, 0.1) is 23.7 Å². The molecular weight excluding hydrogens is 423 g/mol. The number of hydrogen-bond acceptors (Lipinski definition) is 4. The number of amides is 2. The predicted octanol–water partition coefficient (Wildman–Crippen LogP) is 4.71. The van der Waals surface area contributed by atoms with Gasteiger partial charge in [0.05, 0.1) is 18.1 Å². The highest BCUT2D eigenvalue weighted by Gasteiger charge is 2.59. The SMILES string of the molecule is O=C1[C@@H]2[C@H](C(=O)N1/N=C\c1cc(Cl)ccc1OCc1cccc(Cl)c1)[C@@H]1C=C[C@H]2C1. The number of allylic oxidation sites excluding steroid dienone is 2. The molecule has 0 aromatic heterocycles. The van der Waals surface area contributed by atoms with Crippen molar-refractivity contribution in [2.45, 2.75) is 13.0 Å². The molecule has 2 aromatic rings. The summed E-state index contributed by atoms with van der Waals surface area (Å²) in [5.74, 6) is -0.142. The van der Waals surface area contributed by atoms with Crippen molar-refractivity contribution in [3.8, 4) is 5.75 Å². The number of halogens is 2. The van der Waals surface area contributed by atoms with Crippen molar-refractivity contribution in [3.05, 3.63) is 75.8 Å². The zero-order valence-electron chi connectivity index (χ0n) is 15.9. The lowest BCUT2D eigenvalue weighted by atomic mass is 9.85. The van der Waals surface area contributed by atoms with E-state index in [1.807, 2.05) is 18.2 Å². The first-order valence-electron chi connectivity index (χ1n) is 9.78. The van der Waals surface area contributed by atoms with Crippen LogP contribution in [-0.2, 0) is 16.2 Å². The topological polar surface area (TPSA) is 59.0 Å². The van der Waals surface area contributed by atoms with Crippen LogP contribution in [0.3, 0.4) is 0 Å². The molecule has 7 heteroatoms. The van der Waals surface area contributed by atoms with Crippen molar-refractivity contribution in [1.82, 2.24) is 5.01 Å². The predicted molar refractivity (Wildman–Crippen MR) is 114 cm³/mol. The highest BCUT2D eigenvalue weighted by Crippen LogP contribution is 2.52. The fourth-order valence-electron chi connectivity index (χ4n) is 4.66. The molecule has 2 amide bonds. The Bertz CT molecular complexity index is 1070. The third-order valence-corrected chi connectivity index (χ3v) is 6.48. The minimum atomic E-state index is -0.275. The van der Waals surface area contributed by atoms with Gasteiger partial charge in [0.25, 0.3) is 11.8 Å². The van der Waals surface area contributed by atoms with Crippen molar-refractivity contribution in [1.29, 1.82) is 0 Å². The fraction of sp³-hybridized carbons (Fsp3) is 0.261. The number of benzene rings is 2. The molecule has 2 aliphatic carbocycles. The number of ether oxygens (including phenoxy) is 1. The fourth-order valence-corrected chi connectivity index (χ4v) is 5.05. The molecule has 30 heavy (non-hydrogen) atoms. The molecule has 4 atom stereocenters. The molecule has 0 radical (unpaired) electrons. The van der Waals surface area contributed by atoms with Crippen LogP contribution in [-0.4, -0.2) is 23.0 Å². The van der Waals surface area contributed by atoms with E-state index in [0.717, 1.165) is 17.0 Å². The highest BCUT2D eigenvalue weighted by molar-refractivity contribution is 6.31. The number of hydrogen-bond donors (Lipinski definition) is 0. The first kappa shape index (κ1) is 19.3. The summed E-state index contributed by atoms with van der Waals surface area (Å²) >= 11 is 12.2. The number of nitrogens with zero attached hydrogens (tertiary/aromatic N) is 2. The Morgan fingerprint density at radius 3 is 2.40 bits per heavy atom. The van der Waals surface area contributed by atoms with Gasteiger partial charge < -0.3 is 4.74 Å². The first-order chi connectivity index (χ1) is 14.5. The minimum Gasteiger partial charge on any atom is -0.488 e. The summed E-state index contributed by atoms with van der Waals surface area (Å²) in [7, 11) is 0. The van der Waals surface area contributed by atoms with Crippen LogP contribution < -0.4 is 4.74 Å². The highest BCUT2D eigenvalue weighted by atomic mass is 35.5. The third kappa shape index (κ3) is 3.32. The lowest BCUT2D eigenvalue weighted by molar-refractivity contribution is -0.140. The molecule has 0 N–H and O–H groups in total. The molecule has 5 rings (SSSR count). The Morgan fingerprint density at radius 2 is 1.70 bits per heavy atom. The summed E-state index contributed by atoms with van der Waals surface area (Å²) in [4.78, 5) is 25.6. The van der Waals surface area contributed by atoms with Crippen LogP contribution in [0.5, 0.6) is 5.75 Å². The second kappa shape index (κ2) is 7.56. The van der Waals surface area contributed by atoms with Crippen molar-refractivity contribution in [2.24, 2.45) is 28.8 Å². The van der Waals surface area contributed by atoms with Crippen LogP contribution >= 0.6 is 23.2 Å². The molecule has 2 bridgehead atoms. The van der Waals surface area contributed by atoms with Gasteiger partial charge in [-0.1, -0.05) is 47.5 Å². The maximum Gasteiger partial charge on any atom is 0.254 e. The van der Waals surface area contributed by atoms with Crippen molar-refractivity contribution < 1.29 is 14.3 Å². The van der Waals surface area contributed by atoms with Crippen molar-refractivity contribution >= 4 is 41.2 Å². The monoisotopic (exact) mass is 440 g/mol. The number of carbonyl (C=O) groups excluding carboxylic acids is 2. The van der Waals surface area contributed by atoms with Crippen molar-refractivity contribution in [3.63, 3.8) is 0 Å². The Labute approximate surface area is 183 Å². The Morgan fingerprint density at radius 1 is 1.00 bits per heavy atom. The summed E-state index contributed by atoms with van der Waals surface area (Å²) < 4.78 is 5.91. The van der Waals surface area contributed by atoms with Crippen LogP contribution in [0.4, 0.5) is 0 Å². The average Bonchev–Trinajstić information content (AvgIpc) is 3.40. The summed E-state index contributed by atoms with van der Waals surface area (Å²) in [6.45, 7) is 0.309. The van der Waals surface area contributed by atoms with E-state index < -0.39 is 0 Å². The molecule has 1 saturated heterocycles. The van der Waals surface area contributed by atoms with Crippen LogP contribution in [0.1, 0.15) is 17.5 Å². The van der Waals surface area contributed by atoms with Crippen molar-refractivity contribution in [2.75, 3.05) is 0 Å². The zero-order chi connectivity index (χ0) is 20.8. The molecule has 3 aliphatic rings. The van der Waals surface area contributed by atoms with Gasteiger partial charge in [-0.3, -0.25) is 9.59 Å². The lowest BCUT2D eigenvalue weighted by Crippen LogP contribution is -2.28. The van der Waals surface area contributed by atoms with E-state index in [4.69, 9.17) is 27.9 Å². The van der Waals surface area contributed by atoms with E-state index in [2.05, 4.69) is 17.3 Å². The molecule has 0 unspecified atom stereocenters. The van der Waals surface area contributed by atoms with Gasteiger partial charge in [0.2, 0.25) is 0 Å². The maximum absolute atomic E-state index is 12.8. The normalized spacial score (nSPS) is 26.8. The first-order valence-corrected chi connectivity index (χ1v) is 10.5. The van der Waals surface area contributed by atoms with Crippen LogP contribution in [0.15, 0.2) is 59.7 Å². The van der Waals surface area contributed by atoms with E-state index >= 15 is 0 Å². The summed E-state index contributed by atoms with van der Waals surface area (Å²) in [5.41, 5.74) is 1.50. The summed E-state index contributed by atoms with van der Waals surface area (Å²) in [6, 6.07) is 12.5. The number of fused-ring (bicyclic) bond motifs is 5. The summed E-state index contributed by atoms with van der Waals surface area (Å²) in [6.07, 6.45) is 6.47. The van der Waals surface area contributed by atoms with E-state index in [1.165, 1.54) is 6.21 Å². The van der Waals surface area contributed by atoms with Crippen LogP contribution in [0.25, 0.3) is 0 Å². The van der Waals surface area contributed by atoms with Gasteiger partial charge in [-0.15, -0.1) is 0 Å². The average molecular weight is 441 g/mol. The van der Waals surface area contributed by atoms with Gasteiger partial charge in [-0.25, -0.2) is 0 Å². The molecule has 2 aromatic carbocycles. The van der Waals surface area contributed by atoms with Gasteiger partial charge in [-0.05, 0) is 54.2 Å². The van der Waals surface area contributed by atoms with E-state index in [9.17, 15) is 9.59 Å². The van der Waals surface area contributed by atoms with Gasteiger partial charge in [0, 0.05) is 15.6 Å². The second-order valence-electron chi connectivity index (χ2n) is 7.83. The molecule has 2 fully saturated rings. The van der Waals surface area contributed by atoms with Crippen LogP contribution in [0.2, 0.25) is 10.0 Å². The molecule has 152 valence electrons. The molecule has 1 heterocycles. The Kier molecular flexibility index (Phi) is 4.88. The lowest BCUT2D eigenvalue weighted by Gasteiger charge is -2.13. The summed E-state index contributed by atoms with van der Waals surface area (Å²) in [5, 5.41) is 6.38. The zero-order valence-corrected chi connectivity index (χ0v) is 17.4. The van der Waals surface area contributed by atoms with Gasteiger partial charge in [0.15, 0.2) is 0 Å². The largest absolute Gasteiger partial charge is 0.488 e. The molecule has 1 saturated carbocycles. The smallest absolute Gasteiger partial charge is 0.254 e. The second-order valence-corrected chi connectivity index (χ2v) is 8.71. The van der Waals surface area contributed by atoms with Gasteiger partial charge in [0.1, 0.15) is 12.4 Å². The quantitative estimate of drug-likeness (QED) is 0.384. The molecular formula is C23H18Cl2N2O3. The number of hydrazone groups is 1. The van der Waals surface area contributed by atoms with E-state index in [0.29, 0.717) is 28.0 Å². The molecule has 1 aliphatic heterocycles. The molecule has 0 spiro atoms. The minimum absolute atomic E-state index is 0.152. The number of carbonyl (C=O) groups is 2. The standard InChI is InChI=1S/C23H18Cl2N2O3/c24-17-3-1-2-13(8-17)12-30-19-7-6-18(25)10-16(19)11-26-27-22(28)20-14-4-5-15(9-14)21(20)23(27)29/h1-8,10-11,14-15,20-21H,9,12H2/b26-11-/t14-,15+,20-,21+. The van der Waals surface area contributed by atoms with Gasteiger partial charge in [-0.2, -0.15) is 10.1 Å². The number of imide groups is 1. The maximum atomic E-state index is 12.8. The van der Waals surface area contributed by atoms with E-state index in [1.54, 1.807) is 24.3 Å². The number of rotatable bonds is 5.